The van der Waals surface area contributed by atoms with E-state index < -0.39 is 11.8 Å². The van der Waals surface area contributed by atoms with Crippen LogP contribution in [0.4, 0.5) is 4.79 Å². The van der Waals surface area contributed by atoms with E-state index in [-0.39, 0.29) is 0 Å². The third-order valence-corrected chi connectivity index (χ3v) is 2.54. The summed E-state index contributed by atoms with van der Waals surface area (Å²) in [4.78, 5) is 10.4. The molecule has 0 aliphatic carbocycles. The second kappa shape index (κ2) is 8.57. The molecule has 1 aromatic carbocycles. The highest BCUT2D eigenvalue weighted by molar-refractivity contribution is 5.60. The summed E-state index contributed by atoms with van der Waals surface area (Å²) in [5.74, 6) is 0.709. The van der Waals surface area contributed by atoms with Gasteiger partial charge in [-0.25, -0.2) is 4.79 Å². The number of benzene rings is 1. The normalized spacial score (nSPS) is 11.9. The zero-order valence-corrected chi connectivity index (χ0v) is 12.9. The molecule has 1 atom stereocenters. The number of methoxy groups -OCH3 is 1. The van der Waals surface area contributed by atoms with Crippen molar-refractivity contribution in [2.45, 2.75) is 52.6 Å². The molecule has 0 N–H and O–H groups in total. The molecule has 0 radical (unpaired) electrons. The number of ether oxygens (including phenoxy) is 2. The molecule has 0 aliphatic rings. The first-order chi connectivity index (χ1) is 8.80. The van der Waals surface area contributed by atoms with Gasteiger partial charge in [0.05, 0.1) is 7.11 Å². The predicted octanol–water partition coefficient (Wildman–Crippen LogP) is 4.77. The Kier molecular flexibility index (Phi) is 7.89. The number of rotatable bonds is 2. The quantitative estimate of drug-likeness (QED) is 0.723. The van der Waals surface area contributed by atoms with Crippen molar-refractivity contribution < 1.29 is 14.3 Å². The van der Waals surface area contributed by atoms with Gasteiger partial charge in [-0.1, -0.05) is 44.2 Å². The molecule has 0 aliphatic heterocycles. The van der Waals surface area contributed by atoms with Crippen LogP contribution in [0.15, 0.2) is 30.3 Å². The van der Waals surface area contributed by atoms with Crippen LogP contribution >= 0.6 is 0 Å². The molecule has 0 fully saturated rings. The molecule has 1 aromatic rings. The second-order valence-corrected chi connectivity index (χ2v) is 5.39. The summed E-state index contributed by atoms with van der Waals surface area (Å²) < 4.78 is 8.99. The molecule has 108 valence electrons. The third kappa shape index (κ3) is 9.11. The monoisotopic (exact) mass is 266 g/mol. The topological polar surface area (TPSA) is 35.5 Å². The van der Waals surface area contributed by atoms with E-state index in [1.165, 1.54) is 19.1 Å². The zero-order chi connectivity index (χ0) is 14.9. The third-order valence-electron chi connectivity index (χ3n) is 2.54. The Morgan fingerprint density at radius 3 is 2.05 bits per heavy atom. The van der Waals surface area contributed by atoms with Crippen LogP contribution in [0, 0.1) is 0 Å². The van der Waals surface area contributed by atoms with Crippen molar-refractivity contribution in [2.24, 2.45) is 0 Å². The minimum Gasteiger partial charge on any atom is -0.438 e. The fourth-order valence-corrected chi connectivity index (χ4v) is 1.31. The van der Waals surface area contributed by atoms with Gasteiger partial charge in [-0.2, -0.15) is 0 Å². The van der Waals surface area contributed by atoms with Gasteiger partial charge in [0.25, 0.3) is 0 Å². The van der Waals surface area contributed by atoms with E-state index >= 15 is 0 Å². The standard InChI is InChI=1S/C10H14.C6H12O3/c1-3-9(2)10-7-5-4-6-8-10;1-6(2,3)9-5(7)8-4/h4-9H,3H2,1-2H3;1-4H3. The fourth-order valence-electron chi connectivity index (χ4n) is 1.31. The van der Waals surface area contributed by atoms with Crippen LogP contribution in [-0.4, -0.2) is 18.9 Å². The van der Waals surface area contributed by atoms with E-state index in [1.807, 2.05) is 0 Å². The molecule has 1 unspecified atom stereocenters. The van der Waals surface area contributed by atoms with Crippen LogP contribution < -0.4 is 0 Å². The van der Waals surface area contributed by atoms with Crippen molar-refractivity contribution in [3.05, 3.63) is 35.9 Å². The number of carbonyl (C=O) groups excluding carboxylic acids is 1. The molecule has 0 saturated heterocycles. The minimum atomic E-state index is -0.637. The SMILES string of the molecule is CCC(C)c1ccccc1.COC(=O)OC(C)(C)C. The predicted molar refractivity (Wildman–Crippen MR) is 78.4 cm³/mol. The smallest absolute Gasteiger partial charge is 0.438 e. The van der Waals surface area contributed by atoms with Gasteiger partial charge in [-0.3, -0.25) is 0 Å². The zero-order valence-electron chi connectivity index (χ0n) is 12.9. The molecule has 1 rings (SSSR count). The van der Waals surface area contributed by atoms with Crippen molar-refractivity contribution in [3.8, 4) is 0 Å². The van der Waals surface area contributed by atoms with Gasteiger partial charge in [0, 0.05) is 0 Å². The minimum absolute atomic E-state index is 0.451. The van der Waals surface area contributed by atoms with Crippen LogP contribution in [0.2, 0.25) is 0 Å². The maximum Gasteiger partial charge on any atom is 0.508 e. The van der Waals surface area contributed by atoms with E-state index in [9.17, 15) is 4.79 Å². The highest BCUT2D eigenvalue weighted by Gasteiger charge is 2.15. The van der Waals surface area contributed by atoms with E-state index in [0.717, 1.165) is 0 Å². The molecule has 0 heterocycles. The average molecular weight is 266 g/mol. The lowest BCUT2D eigenvalue weighted by molar-refractivity contribution is 0.00341. The molecule has 0 amide bonds. The van der Waals surface area contributed by atoms with Gasteiger partial charge in [-0.05, 0) is 38.7 Å². The first-order valence-corrected chi connectivity index (χ1v) is 6.62. The largest absolute Gasteiger partial charge is 0.508 e. The maximum absolute atomic E-state index is 10.4. The van der Waals surface area contributed by atoms with E-state index in [4.69, 9.17) is 4.74 Å². The fraction of sp³-hybridized carbons (Fsp3) is 0.562. The summed E-state index contributed by atoms with van der Waals surface area (Å²) in [6.45, 7) is 9.82. The molecule has 0 bridgehead atoms. The summed E-state index contributed by atoms with van der Waals surface area (Å²) in [5, 5.41) is 0. The summed E-state index contributed by atoms with van der Waals surface area (Å²) in [6, 6.07) is 10.6. The van der Waals surface area contributed by atoms with Crippen molar-refractivity contribution in [1.29, 1.82) is 0 Å². The molecule has 3 heteroatoms. The Morgan fingerprint density at radius 1 is 1.21 bits per heavy atom. The molecular formula is C16H26O3. The lowest BCUT2D eigenvalue weighted by atomic mass is 9.99. The highest BCUT2D eigenvalue weighted by Crippen LogP contribution is 2.16. The summed E-state index contributed by atoms with van der Waals surface area (Å²) in [7, 11) is 1.29. The maximum atomic E-state index is 10.4. The molecule has 0 saturated carbocycles. The van der Waals surface area contributed by atoms with E-state index in [2.05, 4.69) is 48.9 Å². The highest BCUT2D eigenvalue weighted by atomic mass is 16.7. The summed E-state index contributed by atoms with van der Waals surface area (Å²) in [6.07, 6.45) is 0.590. The van der Waals surface area contributed by atoms with Gasteiger partial charge in [0.15, 0.2) is 0 Å². The Morgan fingerprint density at radius 2 is 1.74 bits per heavy atom. The van der Waals surface area contributed by atoms with Crippen molar-refractivity contribution in [2.75, 3.05) is 7.11 Å². The molecule has 19 heavy (non-hydrogen) atoms. The van der Waals surface area contributed by atoms with Gasteiger partial charge in [-0.15, -0.1) is 0 Å². The van der Waals surface area contributed by atoms with Gasteiger partial charge >= 0.3 is 6.16 Å². The second-order valence-electron chi connectivity index (χ2n) is 5.39. The molecular weight excluding hydrogens is 240 g/mol. The van der Waals surface area contributed by atoms with Crippen molar-refractivity contribution in [1.82, 2.24) is 0 Å². The van der Waals surface area contributed by atoms with Crippen molar-refractivity contribution >= 4 is 6.16 Å². The number of carbonyl (C=O) groups is 1. The lowest BCUT2D eigenvalue weighted by Gasteiger charge is -2.17. The Labute approximate surface area is 116 Å². The first kappa shape index (κ1) is 17.5. The number of hydrogen-bond donors (Lipinski definition) is 0. The van der Waals surface area contributed by atoms with Gasteiger partial charge < -0.3 is 9.47 Å². The summed E-state index contributed by atoms with van der Waals surface area (Å²) >= 11 is 0. The summed E-state index contributed by atoms with van der Waals surface area (Å²) in [5.41, 5.74) is 0.998. The first-order valence-electron chi connectivity index (χ1n) is 6.62. The molecule has 3 nitrogen and oxygen atoms in total. The van der Waals surface area contributed by atoms with Crippen molar-refractivity contribution in [3.63, 3.8) is 0 Å². The van der Waals surface area contributed by atoms with Crippen LogP contribution in [-0.2, 0) is 9.47 Å². The van der Waals surface area contributed by atoms with Crippen LogP contribution in [0.25, 0.3) is 0 Å². The lowest BCUT2D eigenvalue weighted by Crippen LogP contribution is -2.23. The Bertz CT molecular complexity index is 352. The van der Waals surface area contributed by atoms with E-state index in [1.54, 1.807) is 20.8 Å². The average Bonchev–Trinajstić information content (AvgIpc) is 2.37. The molecule has 0 spiro atoms. The van der Waals surface area contributed by atoms with E-state index in [0.29, 0.717) is 5.92 Å². The molecule has 0 aromatic heterocycles. The Hall–Kier alpha value is -1.51. The number of hydrogen-bond acceptors (Lipinski definition) is 3. The van der Waals surface area contributed by atoms with Crippen LogP contribution in [0.5, 0.6) is 0 Å². The van der Waals surface area contributed by atoms with Crippen LogP contribution in [0.3, 0.4) is 0 Å². The Balaban J connectivity index is 0.000000344. The van der Waals surface area contributed by atoms with Gasteiger partial charge in [0.1, 0.15) is 5.60 Å². The van der Waals surface area contributed by atoms with Gasteiger partial charge in [0.2, 0.25) is 0 Å². The van der Waals surface area contributed by atoms with Crippen LogP contribution in [0.1, 0.15) is 52.5 Å².